The van der Waals surface area contributed by atoms with E-state index in [1.807, 2.05) is 6.92 Å². The summed E-state index contributed by atoms with van der Waals surface area (Å²) in [7, 11) is -4.04. The average molecular weight is 526 g/mol. The highest BCUT2D eigenvalue weighted by atomic mass is 35.5. The first-order valence-electron chi connectivity index (χ1n) is 10.7. The minimum atomic E-state index is -4.04. The fourth-order valence-electron chi connectivity index (χ4n) is 3.60. The van der Waals surface area contributed by atoms with Gasteiger partial charge in [-0.05, 0) is 43.2 Å². The lowest BCUT2D eigenvalue weighted by molar-refractivity contribution is -0.140. The van der Waals surface area contributed by atoms with Crippen LogP contribution in [0.3, 0.4) is 0 Å². The fraction of sp³-hybridized carbons (Fsp3) is 0.348. The van der Waals surface area contributed by atoms with Crippen LogP contribution in [0.25, 0.3) is 0 Å². The van der Waals surface area contributed by atoms with Crippen LogP contribution in [0, 0.1) is 0 Å². The van der Waals surface area contributed by atoms with E-state index in [-0.39, 0.29) is 35.9 Å². The Balaban J connectivity index is 1.81. The van der Waals surface area contributed by atoms with Crippen molar-refractivity contribution in [2.75, 3.05) is 13.1 Å². The SMILES string of the molecule is CCCNC(=O)C(C)N(Cc1ccc(Cl)cc1Cl)C(=O)CCN1C(=O)c2ccccc2S1(=O)=O. The normalized spacial score (nSPS) is 15.1. The molecule has 1 unspecified atom stereocenters. The van der Waals surface area contributed by atoms with E-state index in [2.05, 4.69) is 5.32 Å². The van der Waals surface area contributed by atoms with Crippen LogP contribution in [0.1, 0.15) is 42.6 Å². The van der Waals surface area contributed by atoms with E-state index in [1.165, 1.54) is 29.2 Å². The zero-order valence-electron chi connectivity index (χ0n) is 18.8. The van der Waals surface area contributed by atoms with Crippen LogP contribution < -0.4 is 5.32 Å². The van der Waals surface area contributed by atoms with Gasteiger partial charge in [0.05, 0.1) is 5.56 Å². The molecule has 1 aliphatic heterocycles. The van der Waals surface area contributed by atoms with Gasteiger partial charge in [-0.1, -0.05) is 48.3 Å². The summed E-state index contributed by atoms with van der Waals surface area (Å²) in [6.07, 6.45) is 0.431. The third kappa shape index (κ3) is 5.37. The molecule has 8 nitrogen and oxygen atoms in total. The van der Waals surface area contributed by atoms with Gasteiger partial charge in [0.1, 0.15) is 10.9 Å². The highest BCUT2D eigenvalue weighted by molar-refractivity contribution is 7.90. The first kappa shape index (κ1) is 26.0. The lowest BCUT2D eigenvalue weighted by Crippen LogP contribution is -2.48. The molecule has 0 saturated carbocycles. The predicted octanol–water partition coefficient (Wildman–Crippen LogP) is 3.47. The molecule has 0 bridgehead atoms. The summed E-state index contributed by atoms with van der Waals surface area (Å²) in [4.78, 5) is 39.7. The topological polar surface area (TPSA) is 104 Å². The van der Waals surface area contributed by atoms with Gasteiger partial charge in [-0.2, -0.15) is 0 Å². The minimum absolute atomic E-state index is 0.0104. The number of nitrogens with zero attached hydrogens (tertiary/aromatic N) is 2. The van der Waals surface area contributed by atoms with Crippen molar-refractivity contribution in [3.63, 3.8) is 0 Å². The van der Waals surface area contributed by atoms with Crippen molar-refractivity contribution in [1.82, 2.24) is 14.5 Å². The van der Waals surface area contributed by atoms with Crippen LogP contribution in [0.5, 0.6) is 0 Å². The Kier molecular flexibility index (Phi) is 8.22. The van der Waals surface area contributed by atoms with Crippen molar-refractivity contribution in [3.8, 4) is 0 Å². The molecule has 0 spiro atoms. The number of hydrogen-bond donors (Lipinski definition) is 1. The number of sulfonamides is 1. The molecule has 0 radical (unpaired) electrons. The number of amides is 3. The van der Waals surface area contributed by atoms with E-state index in [1.54, 1.807) is 25.1 Å². The van der Waals surface area contributed by atoms with E-state index in [4.69, 9.17) is 23.2 Å². The summed E-state index contributed by atoms with van der Waals surface area (Å²) in [5.41, 5.74) is 0.652. The van der Waals surface area contributed by atoms with Gasteiger partial charge in [0.2, 0.25) is 11.8 Å². The lowest BCUT2D eigenvalue weighted by Gasteiger charge is -2.29. The average Bonchev–Trinajstić information content (AvgIpc) is 3.00. The summed E-state index contributed by atoms with van der Waals surface area (Å²) >= 11 is 12.2. The van der Waals surface area contributed by atoms with Crippen LogP contribution in [0.4, 0.5) is 0 Å². The number of benzene rings is 2. The van der Waals surface area contributed by atoms with Crippen LogP contribution >= 0.6 is 23.2 Å². The summed E-state index contributed by atoms with van der Waals surface area (Å²) in [5.74, 6) is -1.52. The summed E-state index contributed by atoms with van der Waals surface area (Å²) in [5, 5.41) is 3.52. The predicted molar refractivity (Wildman–Crippen MR) is 129 cm³/mol. The van der Waals surface area contributed by atoms with Gasteiger partial charge in [0.15, 0.2) is 0 Å². The second kappa shape index (κ2) is 10.8. The first-order valence-corrected chi connectivity index (χ1v) is 12.9. The molecular formula is C23H25Cl2N3O5S. The quantitative estimate of drug-likeness (QED) is 0.539. The Morgan fingerprint density at radius 3 is 2.50 bits per heavy atom. The summed E-state index contributed by atoms with van der Waals surface area (Å²) in [6.45, 7) is 3.61. The Labute approximate surface area is 208 Å². The van der Waals surface area contributed by atoms with E-state index in [0.717, 1.165) is 6.42 Å². The van der Waals surface area contributed by atoms with Gasteiger partial charge in [0, 0.05) is 36.1 Å². The second-order valence-electron chi connectivity index (χ2n) is 7.85. The molecule has 0 aliphatic carbocycles. The molecule has 1 aliphatic rings. The first-order chi connectivity index (χ1) is 16.1. The number of hydrogen-bond acceptors (Lipinski definition) is 5. The molecule has 2 aromatic rings. The molecule has 1 atom stereocenters. The van der Waals surface area contributed by atoms with Gasteiger partial charge in [-0.15, -0.1) is 0 Å². The Hall–Kier alpha value is -2.62. The largest absolute Gasteiger partial charge is 0.354 e. The van der Waals surface area contributed by atoms with Crippen molar-refractivity contribution < 1.29 is 22.8 Å². The zero-order valence-corrected chi connectivity index (χ0v) is 21.1. The Morgan fingerprint density at radius 2 is 1.85 bits per heavy atom. The highest BCUT2D eigenvalue weighted by Gasteiger charge is 2.41. The van der Waals surface area contributed by atoms with Gasteiger partial charge in [0.25, 0.3) is 15.9 Å². The number of carbonyl (C=O) groups is 3. The van der Waals surface area contributed by atoms with Crippen LogP contribution in [0.2, 0.25) is 10.0 Å². The standard InChI is InChI=1S/C23H25Cl2N3O5S/c1-3-11-26-22(30)15(2)27(14-16-8-9-17(24)13-19(16)25)21(29)10-12-28-23(31)18-6-4-5-7-20(18)34(28,32)33/h4-9,13,15H,3,10-12,14H2,1-2H3,(H,26,30). The molecular weight excluding hydrogens is 501 g/mol. The maximum absolute atomic E-state index is 13.2. The van der Waals surface area contributed by atoms with Crippen molar-refractivity contribution >= 4 is 50.9 Å². The number of rotatable bonds is 9. The third-order valence-corrected chi connectivity index (χ3v) is 7.94. The minimum Gasteiger partial charge on any atom is -0.354 e. The highest BCUT2D eigenvalue weighted by Crippen LogP contribution is 2.30. The zero-order chi connectivity index (χ0) is 25.0. The van der Waals surface area contributed by atoms with Crippen LogP contribution in [0.15, 0.2) is 47.4 Å². The molecule has 34 heavy (non-hydrogen) atoms. The lowest BCUT2D eigenvalue weighted by atomic mass is 10.1. The van der Waals surface area contributed by atoms with Gasteiger partial charge in [-0.3, -0.25) is 14.4 Å². The molecule has 0 saturated heterocycles. The van der Waals surface area contributed by atoms with Crippen molar-refractivity contribution in [2.24, 2.45) is 0 Å². The molecule has 0 fully saturated rings. The van der Waals surface area contributed by atoms with Gasteiger partial charge >= 0.3 is 0 Å². The number of nitrogens with one attached hydrogen (secondary N) is 1. The molecule has 11 heteroatoms. The Bertz CT molecular complexity index is 1220. The number of fused-ring (bicyclic) bond motifs is 1. The maximum atomic E-state index is 13.2. The van der Waals surface area contributed by atoms with Crippen LogP contribution in [-0.2, 0) is 26.2 Å². The molecule has 3 amide bonds. The van der Waals surface area contributed by atoms with Crippen molar-refractivity contribution in [2.45, 2.75) is 44.2 Å². The van der Waals surface area contributed by atoms with Gasteiger partial charge < -0.3 is 10.2 Å². The molecule has 0 aromatic heterocycles. The number of carbonyl (C=O) groups excluding carboxylic acids is 3. The molecule has 1 N–H and O–H groups in total. The maximum Gasteiger partial charge on any atom is 0.269 e. The third-order valence-electron chi connectivity index (χ3n) is 5.51. The monoisotopic (exact) mass is 525 g/mol. The van der Waals surface area contributed by atoms with E-state index < -0.39 is 27.9 Å². The van der Waals surface area contributed by atoms with Crippen LogP contribution in [-0.4, -0.2) is 54.5 Å². The molecule has 2 aromatic carbocycles. The van der Waals surface area contributed by atoms with E-state index >= 15 is 0 Å². The molecule has 182 valence electrons. The molecule has 1 heterocycles. The summed E-state index contributed by atoms with van der Waals surface area (Å²) < 4.78 is 26.3. The smallest absolute Gasteiger partial charge is 0.269 e. The Morgan fingerprint density at radius 1 is 1.15 bits per heavy atom. The number of halogens is 2. The van der Waals surface area contributed by atoms with Gasteiger partial charge in [-0.25, -0.2) is 12.7 Å². The van der Waals surface area contributed by atoms with E-state index in [0.29, 0.717) is 26.5 Å². The summed E-state index contributed by atoms with van der Waals surface area (Å²) in [6, 6.07) is 9.88. The van der Waals surface area contributed by atoms with Crippen molar-refractivity contribution in [1.29, 1.82) is 0 Å². The second-order valence-corrected chi connectivity index (χ2v) is 10.5. The van der Waals surface area contributed by atoms with E-state index in [9.17, 15) is 22.8 Å². The fourth-order valence-corrected chi connectivity index (χ4v) is 5.64. The molecule has 3 rings (SSSR count). The van der Waals surface area contributed by atoms with Crippen molar-refractivity contribution in [3.05, 3.63) is 63.6 Å².